The molecule has 0 heterocycles. The van der Waals surface area contributed by atoms with Crippen LogP contribution < -0.4 is 0 Å². The molecule has 0 aromatic carbocycles. The van der Waals surface area contributed by atoms with Crippen molar-refractivity contribution in [2.24, 2.45) is 0 Å². The zero-order valence-corrected chi connectivity index (χ0v) is 10.9. The number of unbranched alkanes of at least 4 members (excludes halogenated alkanes) is 2. The van der Waals surface area contributed by atoms with Crippen molar-refractivity contribution >= 4 is 45.9 Å². The van der Waals surface area contributed by atoms with E-state index in [4.69, 9.17) is 9.08 Å². The molecule has 0 saturated carbocycles. The second kappa shape index (κ2) is 9.09. The summed E-state index contributed by atoms with van der Waals surface area (Å²) in [5, 5.41) is 0. The van der Waals surface area contributed by atoms with E-state index in [1.807, 2.05) is 13.8 Å². The second-order valence-electron chi connectivity index (χ2n) is 3.32. The summed E-state index contributed by atoms with van der Waals surface area (Å²) >= 11 is 0. The molecule has 0 aliphatic rings. The molecule has 0 aromatic heterocycles. The van der Waals surface area contributed by atoms with Crippen LogP contribution >= 0.6 is 6.57 Å². The van der Waals surface area contributed by atoms with Crippen molar-refractivity contribution in [2.75, 3.05) is 12.8 Å². The first-order chi connectivity index (χ1) is 6.87. The number of hydrogen-bond donors (Lipinski definition) is 1. The van der Waals surface area contributed by atoms with Crippen LogP contribution in [-0.4, -0.2) is 55.3 Å². The zero-order chi connectivity index (χ0) is 11.9. The predicted molar refractivity (Wildman–Crippen MR) is 66.9 cm³/mol. The summed E-state index contributed by atoms with van der Waals surface area (Å²) in [6.07, 6.45) is 2.51. The Labute approximate surface area is 120 Å². The Morgan fingerprint density at radius 2 is 1.69 bits per heavy atom. The fraction of sp³-hybridized carbons (Fsp3) is 1.00. The molecule has 5 nitrogen and oxygen atoms in total. The van der Waals surface area contributed by atoms with Gasteiger partial charge in [0, 0.05) is 6.16 Å². The van der Waals surface area contributed by atoms with E-state index in [2.05, 4.69) is 0 Å². The first-order valence-corrected chi connectivity index (χ1v) is 8.94. The second-order valence-corrected chi connectivity index (χ2v) is 9.20. The van der Waals surface area contributed by atoms with Gasteiger partial charge in [-0.25, -0.2) is 0 Å². The molecule has 16 heavy (non-hydrogen) atoms. The monoisotopic (exact) mass is 282 g/mol. The Balaban J connectivity index is 0. The van der Waals surface area contributed by atoms with Crippen LogP contribution in [-0.2, 0) is 18.8 Å². The van der Waals surface area contributed by atoms with Gasteiger partial charge in [0.25, 0.3) is 0 Å². The molecule has 1 atom stereocenters. The molecule has 0 amide bonds. The van der Waals surface area contributed by atoms with Gasteiger partial charge in [-0.3, -0.25) is 9.12 Å². The summed E-state index contributed by atoms with van der Waals surface area (Å²) in [5.74, 6) is 0. The molecule has 1 unspecified atom stereocenters. The van der Waals surface area contributed by atoms with E-state index in [1.54, 1.807) is 0 Å². The molecule has 0 aliphatic carbocycles. The predicted octanol–water partition coefficient (Wildman–Crippen LogP) is 2.04. The summed E-state index contributed by atoms with van der Waals surface area (Å²) in [5.41, 5.74) is 0. The average Bonchev–Trinajstić information content (AvgIpc) is 2.13. The van der Waals surface area contributed by atoms with Gasteiger partial charge in [-0.05, 0) is 12.8 Å². The minimum absolute atomic E-state index is 0. The molecule has 0 aromatic rings. The zero-order valence-electron chi connectivity index (χ0n) is 9.18. The molecular formula is C8H20NaO5PS. The van der Waals surface area contributed by atoms with Crippen LogP contribution in [0.25, 0.3) is 0 Å². The van der Waals surface area contributed by atoms with Gasteiger partial charge >= 0.3 is 45.9 Å². The molecule has 0 aliphatic heterocycles. The number of hydrogen-bond acceptors (Lipinski definition) is 4. The molecule has 0 saturated heterocycles. The third kappa shape index (κ3) is 6.74. The van der Waals surface area contributed by atoms with Crippen molar-refractivity contribution in [3.05, 3.63) is 0 Å². The summed E-state index contributed by atoms with van der Waals surface area (Å²) in [6.45, 7) is -0.0551. The van der Waals surface area contributed by atoms with Gasteiger partial charge in [0.2, 0.25) is 0 Å². The Morgan fingerprint density at radius 1 is 1.19 bits per heavy atom. The molecule has 0 bridgehead atoms. The first-order valence-electron chi connectivity index (χ1n) is 5.08. The standard InChI is InChI=1S/C8H19O5PS.Na.H/c1-3-5-7-13-14(9,8-6-4-2)15(10,11)12;;/h3-8H2,1-2H3,(H,10,11,12);;. The normalized spacial score (nSPS) is 15.2. The van der Waals surface area contributed by atoms with Gasteiger partial charge in [-0.15, -0.1) is 0 Å². The van der Waals surface area contributed by atoms with Crippen LogP contribution in [0.3, 0.4) is 0 Å². The van der Waals surface area contributed by atoms with Gasteiger partial charge in [0.05, 0.1) is 6.61 Å². The Bertz CT molecular complexity index is 316. The van der Waals surface area contributed by atoms with Crippen molar-refractivity contribution in [1.82, 2.24) is 0 Å². The molecule has 0 radical (unpaired) electrons. The van der Waals surface area contributed by atoms with E-state index in [9.17, 15) is 13.0 Å². The van der Waals surface area contributed by atoms with E-state index < -0.39 is 16.3 Å². The van der Waals surface area contributed by atoms with Crippen molar-refractivity contribution in [1.29, 1.82) is 0 Å². The molecular weight excluding hydrogens is 262 g/mol. The maximum absolute atomic E-state index is 11.8. The van der Waals surface area contributed by atoms with Crippen molar-refractivity contribution in [3.63, 3.8) is 0 Å². The molecule has 8 heteroatoms. The Kier molecular flexibility index (Phi) is 11.0. The summed E-state index contributed by atoms with van der Waals surface area (Å²) in [7, 11) is -4.58. The fourth-order valence-corrected chi connectivity index (χ4v) is 4.25. The van der Waals surface area contributed by atoms with Crippen LogP contribution in [0.2, 0.25) is 0 Å². The van der Waals surface area contributed by atoms with E-state index in [0.29, 0.717) is 19.3 Å². The summed E-state index contributed by atoms with van der Waals surface area (Å²) in [6, 6.07) is 0. The average molecular weight is 282 g/mol. The Morgan fingerprint density at radius 3 is 2.06 bits per heavy atom. The fourth-order valence-electron chi connectivity index (χ4n) is 0.946. The Hall–Kier alpha value is 1.10. The molecule has 94 valence electrons. The van der Waals surface area contributed by atoms with Crippen LogP contribution in [0.15, 0.2) is 0 Å². The molecule has 0 rings (SSSR count). The third-order valence-electron chi connectivity index (χ3n) is 1.92. The van der Waals surface area contributed by atoms with Crippen LogP contribution in [0.5, 0.6) is 0 Å². The maximum atomic E-state index is 11.8. The van der Waals surface area contributed by atoms with E-state index in [-0.39, 0.29) is 42.3 Å². The first kappa shape index (κ1) is 19.4. The van der Waals surface area contributed by atoms with Crippen LogP contribution in [0.4, 0.5) is 0 Å². The summed E-state index contributed by atoms with van der Waals surface area (Å²) < 4.78 is 47.4. The SMILES string of the molecule is CCCCOP(=O)(CCCC)S(=O)(=O)O.[NaH]. The van der Waals surface area contributed by atoms with Gasteiger partial charge < -0.3 is 4.52 Å². The van der Waals surface area contributed by atoms with Crippen LogP contribution in [0, 0.1) is 0 Å². The van der Waals surface area contributed by atoms with Gasteiger partial charge in [0.15, 0.2) is 0 Å². The number of rotatable bonds is 8. The van der Waals surface area contributed by atoms with Crippen molar-refractivity contribution in [2.45, 2.75) is 39.5 Å². The summed E-state index contributed by atoms with van der Waals surface area (Å²) in [4.78, 5) is 0. The third-order valence-corrected chi connectivity index (χ3v) is 7.04. The molecule has 1 N–H and O–H groups in total. The van der Waals surface area contributed by atoms with E-state index in [0.717, 1.165) is 6.42 Å². The topological polar surface area (TPSA) is 80.7 Å². The van der Waals surface area contributed by atoms with Gasteiger partial charge in [0.1, 0.15) is 0 Å². The van der Waals surface area contributed by atoms with Gasteiger partial charge in [-0.1, -0.05) is 26.7 Å². The van der Waals surface area contributed by atoms with Crippen LogP contribution in [0.1, 0.15) is 39.5 Å². The van der Waals surface area contributed by atoms with Crippen molar-refractivity contribution in [3.8, 4) is 0 Å². The molecule has 0 spiro atoms. The van der Waals surface area contributed by atoms with E-state index in [1.165, 1.54) is 0 Å². The molecule has 0 fully saturated rings. The quantitative estimate of drug-likeness (QED) is 0.319. The van der Waals surface area contributed by atoms with E-state index >= 15 is 0 Å². The van der Waals surface area contributed by atoms with Gasteiger partial charge in [-0.2, -0.15) is 8.42 Å². The minimum atomic E-state index is -4.58. The van der Waals surface area contributed by atoms with Crippen molar-refractivity contribution < 1.29 is 22.1 Å².